The highest BCUT2D eigenvalue weighted by Crippen LogP contribution is 2.36. The van der Waals surface area contributed by atoms with Gasteiger partial charge in [0.2, 0.25) is 5.91 Å². The van der Waals surface area contributed by atoms with Crippen molar-refractivity contribution in [1.82, 2.24) is 15.5 Å². The van der Waals surface area contributed by atoms with Gasteiger partial charge in [-0.25, -0.2) is 4.79 Å². The lowest BCUT2D eigenvalue weighted by Crippen LogP contribution is -2.40. The summed E-state index contributed by atoms with van der Waals surface area (Å²) >= 11 is 0. The van der Waals surface area contributed by atoms with Crippen LogP contribution in [0.25, 0.3) is 0 Å². The molecule has 9 nitrogen and oxygen atoms in total. The van der Waals surface area contributed by atoms with Gasteiger partial charge >= 0.3 is 6.03 Å². The van der Waals surface area contributed by atoms with Gasteiger partial charge in [0.1, 0.15) is 25.5 Å². The molecule has 4 amide bonds. The van der Waals surface area contributed by atoms with Gasteiger partial charge in [-0.1, -0.05) is 0 Å². The molecule has 0 aliphatic carbocycles. The van der Waals surface area contributed by atoms with Gasteiger partial charge in [-0.3, -0.25) is 14.5 Å². The first-order valence-corrected chi connectivity index (χ1v) is 7.40. The second-order valence-electron chi connectivity index (χ2n) is 5.22. The number of nitrogens with zero attached hydrogens (tertiary/aromatic N) is 1. The second kappa shape index (κ2) is 6.65. The van der Waals surface area contributed by atoms with E-state index in [1.807, 2.05) is 0 Å². The van der Waals surface area contributed by atoms with Crippen LogP contribution in [0.5, 0.6) is 17.2 Å². The van der Waals surface area contributed by atoms with Crippen LogP contribution in [0.2, 0.25) is 0 Å². The van der Waals surface area contributed by atoms with Crippen molar-refractivity contribution in [2.75, 3.05) is 33.4 Å². The van der Waals surface area contributed by atoms with Crippen LogP contribution >= 0.6 is 0 Å². The van der Waals surface area contributed by atoms with Gasteiger partial charge in [0, 0.05) is 18.2 Å². The van der Waals surface area contributed by atoms with E-state index in [0.717, 1.165) is 4.90 Å². The zero-order valence-electron chi connectivity index (χ0n) is 13.1. The predicted octanol–water partition coefficient (Wildman–Crippen LogP) is -0.366. The molecular weight excluding hydrogens is 318 g/mol. The fraction of sp³-hybridized carbons (Fsp3) is 0.400. The van der Waals surface area contributed by atoms with E-state index in [4.69, 9.17) is 14.2 Å². The molecule has 2 aliphatic heterocycles. The van der Waals surface area contributed by atoms with Crippen molar-refractivity contribution in [3.63, 3.8) is 0 Å². The third-order valence-corrected chi connectivity index (χ3v) is 3.66. The smallest absolute Gasteiger partial charge is 0.325 e. The molecule has 2 aliphatic rings. The van der Waals surface area contributed by atoms with Crippen molar-refractivity contribution < 1.29 is 28.6 Å². The van der Waals surface area contributed by atoms with Gasteiger partial charge < -0.3 is 24.8 Å². The summed E-state index contributed by atoms with van der Waals surface area (Å²) in [6, 6.07) is 2.88. The highest BCUT2D eigenvalue weighted by molar-refractivity contribution is 6.04. The molecule has 0 atom stereocenters. The zero-order chi connectivity index (χ0) is 17.1. The molecule has 1 fully saturated rings. The Labute approximate surface area is 137 Å². The number of carbonyl (C=O) groups excluding carboxylic acids is 3. The molecule has 9 heteroatoms. The molecule has 128 valence electrons. The number of ether oxygens (including phenoxy) is 3. The van der Waals surface area contributed by atoms with E-state index in [1.54, 1.807) is 12.1 Å². The number of rotatable bonds is 5. The third-order valence-electron chi connectivity index (χ3n) is 3.66. The Balaban J connectivity index is 1.64. The molecule has 2 N–H and O–H groups in total. The fourth-order valence-electron chi connectivity index (χ4n) is 2.45. The number of imide groups is 1. The molecule has 24 heavy (non-hydrogen) atoms. The second-order valence-corrected chi connectivity index (χ2v) is 5.22. The fourth-order valence-corrected chi connectivity index (χ4v) is 2.45. The van der Waals surface area contributed by atoms with Crippen LogP contribution < -0.4 is 24.8 Å². The van der Waals surface area contributed by atoms with Gasteiger partial charge in [-0.15, -0.1) is 0 Å². The number of carbonyl (C=O) groups is 3. The Morgan fingerprint density at radius 1 is 1.29 bits per heavy atom. The van der Waals surface area contributed by atoms with Crippen LogP contribution in [0.3, 0.4) is 0 Å². The van der Waals surface area contributed by atoms with E-state index < -0.39 is 17.8 Å². The van der Waals surface area contributed by atoms with Gasteiger partial charge in [-0.2, -0.15) is 0 Å². The molecule has 2 heterocycles. The largest absolute Gasteiger partial charge is 0.496 e. The van der Waals surface area contributed by atoms with Gasteiger partial charge in [-0.05, 0) is 6.07 Å². The van der Waals surface area contributed by atoms with E-state index in [1.165, 1.54) is 7.11 Å². The molecule has 1 aromatic carbocycles. The normalized spacial score (nSPS) is 16.0. The average Bonchev–Trinajstić information content (AvgIpc) is 2.91. The number of amides is 4. The highest BCUT2D eigenvalue weighted by atomic mass is 16.6. The summed E-state index contributed by atoms with van der Waals surface area (Å²) < 4.78 is 16.3. The van der Waals surface area contributed by atoms with Crippen LogP contribution in [0.1, 0.15) is 5.56 Å². The van der Waals surface area contributed by atoms with Crippen molar-refractivity contribution in [2.24, 2.45) is 0 Å². The Morgan fingerprint density at radius 2 is 2.00 bits per heavy atom. The van der Waals surface area contributed by atoms with Gasteiger partial charge in [0.05, 0.1) is 13.7 Å². The molecule has 0 saturated carbocycles. The SMILES string of the molecule is COc1cc2c(cc1CNC(=O)CN1C(=O)CNC1=O)OCCO2. The number of hydrogen-bond donors (Lipinski definition) is 2. The van der Waals surface area contributed by atoms with Crippen molar-refractivity contribution in [3.8, 4) is 17.2 Å². The standard InChI is InChI=1S/C15H17N3O6/c1-22-10-5-12-11(23-2-3-24-12)4-9(10)6-16-13(19)8-18-14(20)7-17-15(18)21/h4-5H,2-3,6-8H2,1H3,(H,16,19)(H,17,21). The Morgan fingerprint density at radius 3 is 2.62 bits per heavy atom. The maximum absolute atomic E-state index is 12.0. The number of benzene rings is 1. The van der Waals surface area contributed by atoms with E-state index in [9.17, 15) is 14.4 Å². The first-order chi connectivity index (χ1) is 11.6. The first kappa shape index (κ1) is 15.9. The van der Waals surface area contributed by atoms with Gasteiger partial charge in [0.25, 0.3) is 5.91 Å². The van der Waals surface area contributed by atoms with Crippen LogP contribution in [-0.2, 0) is 16.1 Å². The summed E-state index contributed by atoms with van der Waals surface area (Å²) in [6.45, 7) is 0.692. The molecule has 1 aromatic rings. The maximum atomic E-state index is 12.0. The molecule has 0 bridgehead atoms. The minimum absolute atomic E-state index is 0.0813. The van der Waals surface area contributed by atoms with Crippen molar-refractivity contribution >= 4 is 17.8 Å². The monoisotopic (exact) mass is 335 g/mol. The summed E-state index contributed by atoms with van der Waals surface area (Å²) in [7, 11) is 1.52. The van der Waals surface area contributed by atoms with E-state index >= 15 is 0 Å². The van der Waals surface area contributed by atoms with Crippen molar-refractivity contribution in [2.45, 2.75) is 6.54 Å². The minimum atomic E-state index is -0.563. The Hall–Kier alpha value is -2.97. The highest BCUT2D eigenvalue weighted by Gasteiger charge is 2.30. The summed E-state index contributed by atoms with van der Waals surface area (Å²) in [5, 5.41) is 5.02. The lowest BCUT2D eigenvalue weighted by atomic mass is 10.1. The molecule has 0 unspecified atom stereocenters. The van der Waals surface area contributed by atoms with E-state index in [-0.39, 0.29) is 19.6 Å². The topological polar surface area (TPSA) is 106 Å². The summed E-state index contributed by atoms with van der Waals surface area (Å²) in [5.74, 6) is 0.854. The molecule has 0 spiro atoms. The Bertz CT molecular complexity index is 674. The lowest BCUT2D eigenvalue weighted by Gasteiger charge is -2.21. The minimum Gasteiger partial charge on any atom is -0.496 e. The van der Waals surface area contributed by atoms with Crippen molar-refractivity contribution in [3.05, 3.63) is 17.7 Å². The van der Waals surface area contributed by atoms with Crippen molar-refractivity contribution in [1.29, 1.82) is 0 Å². The predicted molar refractivity (Wildman–Crippen MR) is 80.9 cm³/mol. The quantitative estimate of drug-likeness (QED) is 0.712. The number of methoxy groups -OCH3 is 1. The summed E-state index contributed by atoms with van der Waals surface area (Å²) in [6.07, 6.45) is 0. The number of urea groups is 1. The molecule has 1 saturated heterocycles. The van der Waals surface area contributed by atoms with E-state index in [0.29, 0.717) is 36.0 Å². The molecule has 0 aromatic heterocycles. The number of fused-ring (bicyclic) bond motifs is 1. The zero-order valence-corrected chi connectivity index (χ0v) is 13.1. The first-order valence-electron chi connectivity index (χ1n) is 7.40. The van der Waals surface area contributed by atoms with Crippen LogP contribution in [0.4, 0.5) is 4.79 Å². The number of hydrogen-bond acceptors (Lipinski definition) is 6. The maximum Gasteiger partial charge on any atom is 0.325 e. The third kappa shape index (κ3) is 3.19. The lowest BCUT2D eigenvalue weighted by molar-refractivity contribution is -0.130. The van der Waals surface area contributed by atoms with E-state index in [2.05, 4.69) is 10.6 Å². The molecule has 3 rings (SSSR count). The molecule has 0 radical (unpaired) electrons. The van der Waals surface area contributed by atoms with Crippen LogP contribution in [-0.4, -0.2) is 56.2 Å². The summed E-state index contributed by atoms with van der Waals surface area (Å²) in [4.78, 5) is 35.7. The summed E-state index contributed by atoms with van der Waals surface area (Å²) in [5.41, 5.74) is 0.701. The van der Waals surface area contributed by atoms with Gasteiger partial charge in [0.15, 0.2) is 11.5 Å². The van der Waals surface area contributed by atoms with Crippen LogP contribution in [0, 0.1) is 0 Å². The average molecular weight is 335 g/mol. The molecular formula is C15H17N3O6. The Kier molecular flexibility index (Phi) is 4.41. The number of nitrogens with one attached hydrogen (secondary N) is 2. The van der Waals surface area contributed by atoms with Crippen LogP contribution in [0.15, 0.2) is 12.1 Å².